The molecule has 1 unspecified atom stereocenters. The Hall–Kier alpha value is -0.000000000000000111. The highest BCUT2D eigenvalue weighted by molar-refractivity contribution is 14.2. The van der Waals surface area contributed by atoms with Crippen LogP contribution in [0, 0.1) is 0 Å². The van der Waals surface area contributed by atoms with Crippen molar-refractivity contribution in [2.24, 2.45) is 0 Å². The number of rotatable bonds is 5. The van der Waals surface area contributed by atoms with Crippen molar-refractivity contribution in [3.05, 3.63) is 18.0 Å². The van der Waals surface area contributed by atoms with E-state index in [9.17, 15) is 4.79 Å². The number of hydrogen-bond donors (Lipinski definition) is 0. The molecule has 1 rings (SSSR count). The van der Waals surface area contributed by atoms with Crippen LogP contribution in [0.3, 0.4) is 0 Å². The van der Waals surface area contributed by atoms with Crippen LogP contribution >= 0.6 is 28.5 Å². The third-order valence-corrected chi connectivity index (χ3v) is 2.51. The zero-order chi connectivity index (χ0) is 8.81. The topological polar surface area (TPSA) is 44.1 Å². The minimum Gasteiger partial charge on any atom is -0.350 e. The maximum absolute atomic E-state index is 10.3. The van der Waals surface area contributed by atoms with E-state index in [4.69, 9.17) is 4.52 Å². The molecule has 0 saturated carbocycles. The van der Waals surface area contributed by atoms with Crippen LogP contribution in [0.5, 0.6) is 0 Å². The summed E-state index contributed by atoms with van der Waals surface area (Å²) in [6, 6.07) is 0. The predicted molar refractivity (Wildman–Crippen MR) is 55.9 cm³/mol. The Morgan fingerprint density at radius 2 is 2.67 bits per heavy atom. The molecule has 0 saturated heterocycles. The lowest BCUT2D eigenvalue weighted by molar-refractivity contribution is 0.112. The van der Waals surface area contributed by atoms with Crippen LogP contribution in [-0.2, 0) is 11.1 Å². The van der Waals surface area contributed by atoms with Gasteiger partial charge in [0.2, 0.25) is 0 Å². The molecule has 12 heavy (non-hydrogen) atoms. The van der Waals surface area contributed by atoms with Crippen molar-refractivity contribution in [3.63, 3.8) is 0 Å². The number of aromatic nitrogens is 2. The number of carbonyl (C=O) groups is 1. The van der Waals surface area contributed by atoms with Gasteiger partial charge < -0.3 is 4.52 Å². The number of hydrogen-bond acceptors (Lipinski definition) is 3. The number of halogens is 1. The lowest BCUT2D eigenvalue weighted by atomic mass is 10.4. The van der Waals surface area contributed by atoms with Crippen molar-refractivity contribution < 1.29 is 9.32 Å². The van der Waals surface area contributed by atoms with Gasteiger partial charge in [0.1, 0.15) is 0 Å². The predicted octanol–water partition coefficient (Wildman–Crippen LogP) is 1.66. The largest absolute Gasteiger partial charge is 0.350 e. The van der Waals surface area contributed by atoms with E-state index in [1.54, 1.807) is 17.1 Å². The summed E-state index contributed by atoms with van der Waals surface area (Å²) >= 11 is 2.16. The van der Waals surface area contributed by atoms with E-state index in [0.29, 0.717) is 25.2 Å². The van der Waals surface area contributed by atoms with Crippen molar-refractivity contribution in [1.29, 1.82) is 0 Å². The Bertz CT molecular complexity index is 253. The van der Waals surface area contributed by atoms with Crippen LogP contribution in [-0.4, -0.2) is 22.7 Å². The minimum absolute atomic E-state index is 0.476. The third-order valence-electron chi connectivity index (χ3n) is 1.27. The number of carbonyl (C=O) groups excluding carboxylic acids is 1. The van der Waals surface area contributed by atoms with E-state index in [0.717, 1.165) is 6.29 Å². The Kier molecular flexibility index (Phi) is 4.72. The molecule has 1 aromatic rings. The summed E-state index contributed by atoms with van der Waals surface area (Å²) in [7, 11) is 0. The molecule has 0 bridgehead atoms. The first-order valence-electron chi connectivity index (χ1n) is 3.32. The Labute approximate surface area is 85.0 Å². The van der Waals surface area contributed by atoms with E-state index in [1.807, 2.05) is 0 Å². The molecule has 4 nitrogen and oxygen atoms in total. The smallest absolute Gasteiger partial charge is 0.153 e. The van der Waals surface area contributed by atoms with Crippen molar-refractivity contribution in [1.82, 2.24) is 9.78 Å². The zero-order valence-corrected chi connectivity index (χ0v) is 9.39. The molecule has 0 aliphatic rings. The molecule has 0 aliphatic carbocycles. The molecule has 0 fully saturated rings. The van der Waals surface area contributed by atoms with E-state index >= 15 is 0 Å². The van der Waals surface area contributed by atoms with Gasteiger partial charge in [-0.25, -0.2) is 0 Å². The summed E-state index contributed by atoms with van der Waals surface area (Å²) in [5.41, 5.74) is 0.604. The highest BCUT2D eigenvalue weighted by atomic mass is 127. The van der Waals surface area contributed by atoms with Crippen molar-refractivity contribution in [2.75, 3.05) is 6.61 Å². The minimum atomic E-state index is 0.476. The molecule has 0 N–H and O–H groups in total. The van der Waals surface area contributed by atoms with Crippen LogP contribution in [0.15, 0.2) is 12.4 Å². The average Bonchev–Trinajstić information content (AvgIpc) is 2.53. The van der Waals surface area contributed by atoms with Gasteiger partial charge in [-0.3, -0.25) is 9.48 Å². The Balaban J connectivity index is 2.36. The molecule has 0 aromatic carbocycles. The summed E-state index contributed by atoms with van der Waals surface area (Å²) in [6.45, 7) is 1.81. The van der Waals surface area contributed by atoms with E-state index in [1.165, 1.54) is 0 Å². The second-order valence-corrected chi connectivity index (χ2v) is 3.84. The van der Waals surface area contributed by atoms with Gasteiger partial charge >= 0.3 is 0 Å². The lowest BCUT2D eigenvalue weighted by Crippen LogP contribution is -2.02. The van der Waals surface area contributed by atoms with Gasteiger partial charge in [0.05, 0.1) is 31.4 Å². The monoisotopic (exact) mass is 298 g/mol. The fourth-order valence-corrected chi connectivity index (χ4v) is 1.57. The van der Waals surface area contributed by atoms with Gasteiger partial charge in [-0.05, 0) is 22.0 Å². The third kappa shape index (κ3) is 3.16. The fourth-order valence-electron chi connectivity index (χ4n) is 0.740. The van der Waals surface area contributed by atoms with Crippen molar-refractivity contribution >= 4 is 34.8 Å². The molecule has 66 valence electrons. The molecule has 0 amide bonds. The Morgan fingerprint density at radius 3 is 3.25 bits per heavy atom. The lowest BCUT2D eigenvalue weighted by Gasteiger charge is -1.99. The van der Waals surface area contributed by atoms with Crippen LogP contribution in [0.25, 0.3) is 0 Å². The molecule has 0 radical (unpaired) electrons. The van der Waals surface area contributed by atoms with Crippen LogP contribution < -0.4 is 0 Å². The van der Waals surface area contributed by atoms with Gasteiger partial charge in [0.15, 0.2) is 6.29 Å². The summed E-state index contributed by atoms with van der Waals surface area (Å²) in [5.74, 6) is 0. The normalized spacial score (nSPS) is 11.1. The molecule has 0 spiro atoms. The standard InChI is InChI=1S/C6H8IN2O2P/c7-12-11-2-1-9-4-6(5-10)3-8-9/h3-5,12H,1-2H2. The summed E-state index contributed by atoms with van der Waals surface area (Å²) < 4.78 is 6.84. The molecule has 0 aliphatic heterocycles. The van der Waals surface area contributed by atoms with E-state index in [-0.39, 0.29) is 0 Å². The van der Waals surface area contributed by atoms with E-state index in [2.05, 4.69) is 27.1 Å². The van der Waals surface area contributed by atoms with Gasteiger partial charge in [0.25, 0.3) is 0 Å². The highest BCUT2D eigenvalue weighted by Crippen LogP contribution is 2.21. The van der Waals surface area contributed by atoms with Gasteiger partial charge in [0, 0.05) is 6.20 Å². The van der Waals surface area contributed by atoms with Crippen LogP contribution in [0.1, 0.15) is 10.4 Å². The van der Waals surface area contributed by atoms with Crippen molar-refractivity contribution in [2.45, 2.75) is 6.54 Å². The maximum atomic E-state index is 10.3. The summed E-state index contributed by atoms with van der Waals surface area (Å²) in [6.07, 6.45) is 4.02. The maximum Gasteiger partial charge on any atom is 0.153 e. The van der Waals surface area contributed by atoms with Crippen LogP contribution in [0.4, 0.5) is 0 Å². The second-order valence-electron chi connectivity index (χ2n) is 2.08. The van der Waals surface area contributed by atoms with Gasteiger partial charge in [-0.2, -0.15) is 5.10 Å². The molecule has 1 aromatic heterocycles. The summed E-state index contributed by atoms with van der Waals surface area (Å²) in [4.78, 5) is 10.3. The molecule has 1 heterocycles. The first kappa shape index (κ1) is 10.1. The quantitative estimate of drug-likeness (QED) is 0.359. The number of aldehydes is 1. The molecule has 6 heteroatoms. The zero-order valence-electron chi connectivity index (χ0n) is 6.24. The van der Waals surface area contributed by atoms with Gasteiger partial charge in [-0.15, -0.1) is 0 Å². The van der Waals surface area contributed by atoms with Crippen molar-refractivity contribution in [3.8, 4) is 0 Å². The number of nitrogens with zero attached hydrogens (tertiary/aromatic N) is 2. The van der Waals surface area contributed by atoms with E-state index < -0.39 is 0 Å². The molecule has 1 atom stereocenters. The first-order valence-corrected chi connectivity index (χ1v) is 7.34. The van der Waals surface area contributed by atoms with Crippen LogP contribution in [0.2, 0.25) is 0 Å². The Morgan fingerprint density at radius 1 is 1.83 bits per heavy atom. The second kappa shape index (κ2) is 5.61. The first-order chi connectivity index (χ1) is 5.86. The fraction of sp³-hybridized carbons (Fsp3) is 0.333. The van der Waals surface area contributed by atoms with Gasteiger partial charge in [-0.1, -0.05) is 0 Å². The highest BCUT2D eigenvalue weighted by Gasteiger charge is 1.95. The SMILES string of the molecule is O=Cc1cnn(CCOPI)c1. The molecular formula is C6H8IN2O2P. The molecular weight excluding hydrogens is 290 g/mol. The summed E-state index contributed by atoms with van der Waals surface area (Å²) in [5, 5.41) is 3.96. The average molecular weight is 298 g/mol.